The molecular formula is C34H42ClFN2O5S. The van der Waals surface area contributed by atoms with Crippen molar-refractivity contribution in [2.24, 2.45) is 5.92 Å². The quantitative estimate of drug-likeness (QED) is 0.266. The fraction of sp³-hybridized carbons (Fsp3) is 0.529. The number of benzene rings is 2. The van der Waals surface area contributed by atoms with Gasteiger partial charge in [0.15, 0.2) is 0 Å². The van der Waals surface area contributed by atoms with E-state index < -0.39 is 11.4 Å². The Morgan fingerprint density at radius 3 is 2.89 bits per heavy atom. The van der Waals surface area contributed by atoms with Gasteiger partial charge in [0.05, 0.1) is 23.4 Å². The van der Waals surface area contributed by atoms with Crippen LogP contribution < -0.4 is 14.4 Å². The lowest BCUT2D eigenvalue weighted by molar-refractivity contribution is -0.144. The van der Waals surface area contributed by atoms with Crippen LogP contribution in [0.4, 0.5) is 10.1 Å². The second kappa shape index (κ2) is 14.1. The third-order valence-electron chi connectivity index (χ3n) is 9.36. The average molecular weight is 645 g/mol. The van der Waals surface area contributed by atoms with Gasteiger partial charge in [0.1, 0.15) is 18.2 Å². The Balaban J connectivity index is 1.56. The number of anilines is 1. The third kappa shape index (κ3) is 7.05. The molecule has 4 unspecified atom stereocenters. The number of carbonyl (C=O) groups excluding carboxylic acids is 1. The molecule has 2 aromatic carbocycles. The predicted molar refractivity (Wildman–Crippen MR) is 173 cm³/mol. The van der Waals surface area contributed by atoms with Crippen LogP contribution in [0, 0.1) is 11.7 Å². The van der Waals surface area contributed by atoms with E-state index in [0.29, 0.717) is 43.0 Å². The molecule has 2 aromatic rings. The molecule has 10 heteroatoms. The maximum atomic E-state index is 15.3. The molecule has 44 heavy (non-hydrogen) atoms. The molecule has 0 fully saturated rings. The van der Waals surface area contributed by atoms with Crippen molar-refractivity contribution in [3.05, 3.63) is 69.5 Å². The Morgan fingerprint density at radius 1 is 1.30 bits per heavy atom. The van der Waals surface area contributed by atoms with E-state index in [1.54, 1.807) is 12.1 Å². The summed E-state index contributed by atoms with van der Waals surface area (Å²) in [6.07, 6.45) is 7.27. The summed E-state index contributed by atoms with van der Waals surface area (Å²) in [5, 5.41) is 9.74. The van der Waals surface area contributed by atoms with E-state index in [9.17, 15) is 14.7 Å². The molecule has 0 aromatic heterocycles. The number of fused-ring (bicyclic) bond motifs is 3. The number of halogens is 2. The van der Waals surface area contributed by atoms with Crippen LogP contribution in [-0.2, 0) is 21.4 Å². The molecule has 7 nitrogen and oxygen atoms in total. The lowest BCUT2D eigenvalue weighted by Gasteiger charge is -2.41. The largest absolute Gasteiger partial charge is 0.490 e. The Morgan fingerprint density at radius 2 is 2.11 bits per heavy atom. The van der Waals surface area contributed by atoms with Gasteiger partial charge in [-0.05, 0) is 104 Å². The number of carbonyl (C=O) groups is 2. The summed E-state index contributed by atoms with van der Waals surface area (Å²) in [6.45, 7) is 7.44. The van der Waals surface area contributed by atoms with Gasteiger partial charge in [-0.1, -0.05) is 44.0 Å². The predicted octanol–water partition coefficient (Wildman–Crippen LogP) is 7.34. The summed E-state index contributed by atoms with van der Waals surface area (Å²) in [5.74, 6) is -0.747. The molecule has 0 saturated heterocycles. The van der Waals surface area contributed by atoms with E-state index in [2.05, 4.69) is 29.5 Å². The first kappa shape index (κ1) is 32.6. The maximum absolute atomic E-state index is 15.3. The fourth-order valence-electron chi connectivity index (χ4n) is 6.95. The summed E-state index contributed by atoms with van der Waals surface area (Å²) in [4.78, 5) is 27.0. The normalized spacial score (nSPS) is 27.4. The summed E-state index contributed by atoms with van der Waals surface area (Å²) in [5.41, 5.74) is 3.52. The van der Waals surface area contributed by atoms with Crippen LogP contribution in [0.2, 0.25) is 5.02 Å². The van der Waals surface area contributed by atoms with E-state index in [1.807, 2.05) is 25.1 Å². The fourth-order valence-corrected chi connectivity index (χ4v) is 7.81. The Bertz CT molecular complexity index is 1420. The zero-order chi connectivity index (χ0) is 31.4. The number of amides is 1. The summed E-state index contributed by atoms with van der Waals surface area (Å²) in [6, 6.07) is 9.15. The molecule has 2 N–H and O–H groups in total. The highest BCUT2D eigenvalue weighted by Gasteiger charge is 2.43. The van der Waals surface area contributed by atoms with Crippen molar-refractivity contribution in [1.29, 1.82) is 0 Å². The summed E-state index contributed by atoms with van der Waals surface area (Å²) >= 11 is 7.61. The van der Waals surface area contributed by atoms with Crippen LogP contribution in [0.5, 0.6) is 5.75 Å². The average Bonchev–Trinajstić information content (AvgIpc) is 3.15. The number of hydrogen-bond donors (Lipinski definition) is 2. The minimum Gasteiger partial charge on any atom is -0.490 e. The van der Waals surface area contributed by atoms with Gasteiger partial charge in [0.2, 0.25) is 0 Å². The molecule has 2 heterocycles. The van der Waals surface area contributed by atoms with Crippen molar-refractivity contribution < 1.29 is 28.6 Å². The topological polar surface area (TPSA) is 88.1 Å². The van der Waals surface area contributed by atoms with Crippen molar-refractivity contribution >= 4 is 41.1 Å². The van der Waals surface area contributed by atoms with Gasteiger partial charge in [-0.25, -0.2) is 9.18 Å². The zero-order valence-electron chi connectivity index (χ0n) is 25.7. The monoisotopic (exact) mass is 644 g/mol. The highest BCUT2D eigenvalue weighted by Crippen LogP contribution is 2.45. The molecule has 1 aliphatic carbocycles. The molecule has 3 aliphatic rings. The number of carboxylic acid groups (broad SMARTS) is 1. The first-order valence-electron chi connectivity index (χ1n) is 15.6. The molecule has 2 bridgehead atoms. The van der Waals surface area contributed by atoms with Crippen molar-refractivity contribution in [3.63, 3.8) is 0 Å². The molecular weight excluding hydrogens is 603 g/mol. The van der Waals surface area contributed by atoms with Crippen LogP contribution >= 0.6 is 23.5 Å². The highest BCUT2D eigenvalue weighted by atomic mass is 35.5. The first-order chi connectivity index (χ1) is 21.1. The molecule has 1 amide bonds. The van der Waals surface area contributed by atoms with Gasteiger partial charge in [-0.15, -0.1) is 0 Å². The third-order valence-corrected chi connectivity index (χ3v) is 10.6. The van der Waals surface area contributed by atoms with Crippen LogP contribution in [0.3, 0.4) is 0 Å². The number of rotatable bonds is 4. The number of hydrogen-bond acceptors (Lipinski definition) is 6. The van der Waals surface area contributed by atoms with Crippen molar-refractivity contribution in [2.45, 2.75) is 82.5 Å². The van der Waals surface area contributed by atoms with Gasteiger partial charge in [0, 0.05) is 29.3 Å². The number of nitrogens with zero attached hydrogens (tertiary/aromatic N) is 1. The number of nitrogens with one attached hydrogen (secondary N) is 1. The lowest BCUT2D eigenvalue weighted by atomic mass is 9.70. The van der Waals surface area contributed by atoms with E-state index in [1.165, 1.54) is 11.9 Å². The number of carboxylic acids is 1. The van der Waals surface area contributed by atoms with Gasteiger partial charge in [0.25, 0.3) is 5.91 Å². The van der Waals surface area contributed by atoms with Crippen LogP contribution in [0.15, 0.2) is 42.0 Å². The second-order valence-electron chi connectivity index (χ2n) is 12.4. The van der Waals surface area contributed by atoms with Crippen molar-refractivity contribution in [1.82, 2.24) is 4.72 Å². The Hall–Kier alpha value is -2.75. The van der Waals surface area contributed by atoms with E-state index in [4.69, 9.17) is 21.1 Å². The standard InChI is InChI=1S/C34H42ClFN2O5S/c1-4-23-14-16-38-19-34(15-6-9-25-26(34)11-12-27(35)31(25)36)20-43-29-13-10-24(17-28(29)38)33(41)37-44-22(3)8-5-7-21(2)32(23)42-18-30(39)40/h7,10-13,17,22-23,32H,4-6,8-9,14-16,18-20H2,1-3H3,(H,37,41)(H,39,40)/b21-7+. The van der Waals surface area contributed by atoms with E-state index >= 15 is 4.39 Å². The van der Waals surface area contributed by atoms with Crippen LogP contribution in [0.1, 0.15) is 80.8 Å². The zero-order valence-corrected chi connectivity index (χ0v) is 27.2. The minimum atomic E-state index is -0.989. The highest BCUT2D eigenvalue weighted by molar-refractivity contribution is 7.98. The smallest absolute Gasteiger partial charge is 0.329 e. The SMILES string of the molecule is CCC1CCN2CC3(CCCc4c3ccc(Cl)c4F)COc3ccc(cc32)C(=O)NSC(C)CC/C=C(\C)C1OCC(=O)O. The van der Waals surface area contributed by atoms with Crippen LogP contribution in [0.25, 0.3) is 0 Å². The van der Waals surface area contributed by atoms with Gasteiger partial charge >= 0.3 is 5.97 Å². The number of ether oxygens (including phenoxy) is 2. The number of allylic oxidation sites excluding steroid dienone is 1. The van der Waals surface area contributed by atoms with Gasteiger partial charge < -0.3 is 19.5 Å². The molecule has 0 radical (unpaired) electrons. The molecule has 4 atom stereocenters. The maximum Gasteiger partial charge on any atom is 0.329 e. The van der Waals surface area contributed by atoms with Crippen molar-refractivity contribution in [2.75, 3.05) is 31.2 Å². The van der Waals surface area contributed by atoms with E-state index in [0.717, 1.165) is 55.3 Å². The van der Waals surface area contributed by atoms with Gasteiger partial charge in [-0.2, -0.15) is 0 Å². The Labute approximate surface area is 268 Å². The number of aliphatic carboxylic acids is 1. The summed E-state index contributed by atoms with van der Waals surface area (Å²) in [7, 11) is 0. The molecule has 238 valence electrons. The van der Waals surface area contributed by atoms with Crippen molar-refractivity contribution in [3.8, 4) is 5.75 Å². The molecule has 2 aliphatic heterocycles. The molecule has 1 spiro atoms. The van der Waals surface area contributed by atoms with Gasteiger partial charge in [-0.3, -0.25) is 9.52 Å². The Kier molecular flexibility index (Phi) is 10.5. The van der Waals surface area contributed by atoms with E-state index in [-0.39, 0.29) is 40.6 Å². The second-order valence-corrected chi connectivity index (χ2v) is 14.0. The first-order valence-corrected chi connectivity index (χ1v) is 16.8. The molecule has 5 rings (SSSR count). The molecule has 0 saturated carbocycles. The van der Waals surface area contributed by atoms with Crippen LogP contribution in [-0.4, -0.2) is 54.6 Å². The minimum absolute atomic E-state index is 0.0650. The summed E-state index contributed by atoms with van der Waals surface area (Å²) < 4.78 is 30.8. The lowest BCUT2D eigenvalue weighted by Crippen LogP contribution is -2.46.